The number of hydrogen-bond acceptors (Lipinski definition) is 3. The number of benzene rings is 1. The van der Waals surface area contributed by atoms with Gasteiger partial charge < -0.3 is 9.47 Å². The van der Waals surface area contributed by atoms with Gasteiger partial charge in [-0.1, -0.05) is 12.1 Å². The Morgan fingerprint density at radius 1 is 1.43 bits per heavy atom. The molecule has 0 fully saturated rings. The van der Waals surface area contributed by atoms with Gasteiger partial charge in [0.1, 0.15) is 5.69 Å². The summed E-state index contributed by atoms with van der Waals surface area (Å²) in [5.74, 6) is -0.144. The van der Waals surface area contributed by atoms with E-state index >= 15 is 0 Å². The number of amides is 1. The van der Waals surface area contributed by atoms with Gasteiger partial charge >= 0.3 is 0 Å². The maximum absolute atomic E-state index is 12.4. The van der Waals surface area contributed by atoms with Gasteiger partial charge in [0.25, 0.3) is 11.6 Å². The number of nitro groups is 1. The van der Waals surface area contributed by atoms with Crippen LogP contribution in [0.2, 0.25) is 0 Å². The molecule has 0 unspecified atom stereocenters. The number of non-ortho nitro benzene ring substituents is 1. The minimum atomic E-state index is -0.445. The van der Waals surface area contributed by atoms with Crippen LogP contribution in [0.1, 0.15) is 16.1 Å². The van der Waals surface area contributed by atoms with E-state index < -0.39 is 4.92 Å². The van der Waals surface area contributed by atoms with Crippen molar-refractivity contribution in [3.05, 3.63) is 62.4 Å². The van der Waals surface area contributed by atoms with Gasteiger partial charge in [-0.25, -0.2) is 0 Å². The van der Waals surface area contributed by atoms with Crippen molar-refractivity contribution in [2.24, 2.45) is 7.05 Å². The van der Waals surface area contributed by atoms with Gasteiger partial charge in [0.2, 0.25) is 0 Å². The molecule has 0 spiro atoms. The van der Waals surface area contributed by atoms with Crippen LogP contribution in [0.4, 0.5) is 5.69 Å². The first-order valence-electron chi connectivity index (χ1n) is 6.19. The Balaban J connectivity index is 2.16. The van der Waals surface area contributed by atoms with E-state index in [0.29, 0.717) is 17.8 Å². The largest absolute Gasteiger partial charge is 0.345 e. The van der Waals surface area contributed by atoms with Gasteiger partial charge in [-0.15, -0.1) is 0 Å². The smallest absolute Gasteiger partial charge is 0.270 e. The standard InChI is InChI=1S/C14H14BrN3O3/c1-16-9-11(15)7-13(16)14(19)17(2)8-10-4-3-5-12(6-10)18(20)21/h3-7,9H,8H2,1-2H3. The summed E-state index contributed by atoms with van der Waals surface area (Å²) in [5.41, 5.74) is 1.29. The van der Waals surface area contributed by atoms with Crippen molar-refractivity contribution in [3.8, 4) is 0 Å². The minimum Gasteiger partial charge on any atom is -0.345 e. The number of carbonyl (C=O) groups excluding carboxylic acids is 1. The van der Waals surface area contributed by atoms with Crippen molar-refractivity contribution < 1.29 is 9.72 Å². The zero-order chi connectivity index (χ0) is 15.6. The maximum Gasteiger partial charge on any atom is 0.270 e. The first-order valence-corrected chi connectivity index (χ1v) is 6.98. The van der Waals surface area contributed by atoms with Gasteiger partial charge in [-0.05, 0) is 27.6 Å². The highest BCUT2D eigenvalue weighted by molar-refractivity contribution is 9.10. The summed E-state index contributed by atoms with van der Waals surface area (Å²) in [6.45, 7) is 0.309. The highest BCUT2D eigenvalue weighted by Gasteiger charge is 2.16. The lowest BCUT2D eigenvalue weighted by molar-refractivity contribution is -0.384. The molecule has 0 N–H and O–H groups in total. The van der Waals surface area contributed by atoms with Crippen LogP contribution < -0.4 is 0 Å². The van der Waals surface area contributed by atoms with Gasteiger partial charge in [0.05, 0.1) is 4.92 Å². The lowest BCUT2D eigenvalue weighted by Gasteiger charge is -2.17. The Hall–Kier alpha value is -2.15. The monoisotopic (exact) mass is 351 g/mol. The molecule has 0 aliphatic carbocycles. The molecule has 1 heterocycles. The van der Waals surface area contributed by atoms with Crippen LogP contribution in [-0.4, -0.2) is 27.3 Å². The van der Waals surface area contributed by atoms with Crippen molar-refractivity contribution in [1.29, 1.82) is 0 Å². The molecule has 7 heteroatoms. The van der Waals surface area contributed by atoms with Crippen LogP contribution in [0, 0.1) is 10.1 Å². The minimum absolute atomic E-state index is 0.0231. The topological polar surface area (TPSA) is 68.4 Å². The van der Waals surface area contributed by atoms with E-state index in [-0.39, 0.29) is 11.6 Å². The Labute approximate surface area is 130 Å². The Bertz CT molecular complexity index is 697. The quantitative estimate of drug-likeness (QED) is 0.628. The first kappa shape index (κ1) is 15.2. The molecule has 1 aromatic heterocycles. The van der Waals surface area contributed by atoms with Gasteiger partial charge in [0.15, 0.2) is 0 Å². The van der Waals surface area contributed by atoms with Crippen molar-refractivity contribution in [2.45, 2.75) is 6.54 Å². The van der Waals surface area contributed by atoms with E-state index in [1.165, 1.54) is 17.0 Å². The Morgan fingerprint density at radius 2 is 2.14 bits per heavy atom. The van der Waals surface area contributed by atoms with E-state index in [1.807, 2.05) is 0 Å². The predicted octanol–water partition coefficient (Wildman–Crippen LogP) is 2.97. The molecule has 1 amide bonds. The molecular weight excluding hydrogens is 338 g/mol. The second kappa shape index (κ2) is 6.09. The lowest BCUT2D eigenvalue weighted by atomic mass is 10.2. The summed E-state index contributed by atoms with van der Waals surface area (Å²) in [7, 11) is 3.46. The fourth-order valence-electron chi connectivity index (χ4n) is 2.05. The number of carbonyl (C=O) groups is 1. The molecule has 1 aromatic carbocycles. The molecular formula is C14H14BrN3O3. The molecule has 0 aliphatic heterocycles. The average molecular weight is 352 g/mol. The molecule has 6 nitrogen and oxygen atoms in total. The molecule has 110 valence electrons. The number of rotatable bonds is 4. The molecule has 0 saturated carbocycles. The van der Waals surface area contributed by atoms with Crippen LogP contribution in [0.3, 0.4) is 0 Å². The zero-order valence-corrected chi connectivity index (χ0v) is 13.2. The fourth-order valence-corrected chi connectivity index (χ4v) is 2.57. The van der Waals surface area contributed by atoms with Crippen LogP contribution in [-0.2, 0) is 13.6 Å². The van der Waals surface area contributed by atoms with E-state index in [1.54, 1.807) is 43.1 Å². The van der Waals surface area contributed by atoms with E-state index in [0.717, 1.165) is 4.47 Å². The normalized spacial score (nSPS) is 10.4. The van der Waals surface area contributed by atoms with Gasteiger partial charge in [0, 0.05) is 43.4 Å². The van der Waals surface area contributed by atoms with Crippen molar-refractivity contribution in [1.82, 2.24) is 9.47 Å². The fraction of sp³-hybridized carbons (Fsp3) is 0.214. The van der Waals surface area contributed by atoms with Crippen LogP contribution in [0.15, 0.2) is 41.0 Å². The second-order valence-corrected chi connectivity index (χ2v) is 5.66. The molecule has 0 radical (unpaired) electrons. The molecule has 21 heavy (non-hydrogen) atoms. The highest BCUT2D eigenvalue weighted by atomic mass is 79.9. The van der Waals surface area contributed by atoms with Crippen LogP contribution in [0.25, 0.3) is 0 Å². The summed E-state index contributed by atoms with van der Waals surface area (Å²) < 4.78 is 2.56. The summed E-state index contributed by atoms with van der Waals surface area (Å²) in [4.78, 5) is 24.2. The molecule has 2 rings (SSSR count). The van der Waals surface area contributed by atoms with Crippen LogP contribution >= 0.6 is 15.9 Å². The molecule has 0 aliphatic rings. The third-order valence-corrected chi connectivity index (χ3v) is 3.51. The number of aromatic nitrogens is 1. The Kier molecular flexibility index (Phi) is 4.42. The molecule has 0 bridgehead atoms. The third kappa shape index (κ3) is 3.49. The first-order chi connectivity index (χ1) is 9.88. The molecule has 0 atom stereocenters. The number of halogens is 1. The SMILES string of the molecule is CN(Cc1cccc([N+](=O)[O-])c1)C(=O)c1cc(Br)cn1C. The average Bonchev–Trinajstić information content (AvgIpc) is 2.77. The Morgan fingerprint density at radius 3 is 2.71 bits per heavy atom. The number of nitrogens with zero attached hydrogens (tertiary/aromatic N) is 3. The second-order valence-electron chi connectivity index (χ2n) is 4.74. The zero-order valence-electron chi connectivity index (χ0n) is 11.6. The summed E-state index contributed by atoms with van der Waals surface area (Å²) >= 11 is 3.33. The van der Waals surface area contributed by atoms with Gasteiger partial charge in [-0.3, -0.25) is 14.9 Å². The number of hydrogen-bond donors (Lipinski definition) is 0. The predicted molar refractivity (Wildman–Crippen MR) is 82.0 cm³/mol. The van der Waals surface area contributed by atoms with Crippen molar-refractivity contribution >= 4 is 27.5 Å². The summed E-state index contributed by atoms with van der Waals surface area (Å²) in [6.07, 6.45) is 1.80. The molecule has 2 aromatic rings. The van der Waals surface area contributed by atoms with E-state index in [9.17, 15) is 14.9 Å². The third-order valence-electron chi connectivity index (χ3n) is 3.08. The van der Waals surface area contributed by atoms with Gasteiger partial charge in [-0.2, -0.15) is 0 Å². The van der Waals surface area contributed by atoms with E-state index in [2.05, 4.69) is 15.9 Å². The van der Waals surface area contributed by atoms with Crippen molar-refractivity contribution in [2.75, 3.05) is 7.05 Å². The van der Waals surface area contributed by atoms with E-state index in [4.69, 9.17) is 0 Å². The molecule has 0 saturated heterocycles. The summed E-state index contributed by atoms with van der Waals surface area (Å²) in [5, 5.41) is 10.8. The highest BCUT2D eigenvalue weighted by Crippen LogP contribution is 2.18. The number of aryl methyl sites for hydroxylation is 1. The number of nitro benzene ring substituents is 1. The van der Waals surface area contributed by atoms with Crippen molar-refractivity contribution in [3.63, 3.8) is 0 Å². The lowest BCUT2D eigenvalue weighted by Crippen LogP contribution is -2.27. The summed E-state index contributed by atoms with van der Waals surface area (Å²) in [6, 6.07) is 8.03. The van der Waals surface area contributed by atoms with Crippen LogP contribution in [0.5, 0.6) is 0 Å². The maximum atomic E-state index is 12.4.